The average molecular weight is 170 g/mol. The van der Waals surface area contributed by atoms with Crippen LogP contribution in [0, 0.1) is 12.3 Å². The van der Waals surface area contributed by atoms with Crippen LogP contribution in [-0.4, -0.2) is 0 Å². The molecule has 0 amide bonds. The number of rotatable bonds is 2. The molecule has 0 heteroatoms. The van der Waals surface area contributed by atoms with Crippen LogP contribution < -0.4 is 0 Å². The SMILES string of the molecule is C#CCCc1ccc2c(c1)CCC2. The second-order valence-corrected chi connectivity index (χ2v) is 3.66. The summed E-state index contributed by atoms with van der Waals surface area (Å²) in [6.07, 6.45) is 11.0. The molecular formula is C13H14. The van der Waals surface area contributed by atoms with Crippen molar-refractivity contribution in [1.29, 1.82) is 0 Å². The van der Waals surface area contributed by atoms with E-state index in [1.165, 1.54) is 24.8 Å². The first-order chi connectivity index (χ1) is 6.40. The number of benzene rings is 1. The van der Waals surface area contributed by atoms with E-state index in [1.807, 2.05) is 0 Å². The zero-order valence-electron chi connectivity index (χ0n) is 7.84. The highest BCUT2D eigenvalue weighted by atomic mass is 14.1. The molecule has 1 aromatic rings. The predicted octanol–water partition coefficient (Wildman–Crippen LogP) is 2.74. The summed E-state index contributed by atoms with van der Waals surface area (Å²) < 4.78 is 0. The molecule has 0 N–H and O–H groups in total. The van der Waals surface area contributed by atoms with Crippen LogP contribution in [0.5, 0.6) is 0 Å². The average Bonchev–Trinajstić information content (AvgIpc) is 2.61. The second kappa shape index (κ2) is 3.66. The summed E-state index contributed by atoms with van der Waals surface area (Å²) in [5.74, 6) is 2.68. The van der Waals surface area contributed by atoms with E-state index >= 15 is 0 Å². The van der Waals surface area contributed by atoms with E-state index in [0.29, 0.717) is 0 Å². The molecule has 0 fully saturated rings. The largest absolute Gasteiger partial charge is 0.120 e. The highest BCUT2D eigenvalue weighted by Crippen LogP contribution is 2.23. The molecule has 13 heavy (non-hydrogen) atoms. The fraction of sp³-hybridized carbons (Fsp3) is 0.385. The van der Waals surface area contributed by atoms with E-state index in [4.69, 9.17) is 6.42 Å². The molecule has 0 radical (unpaired) electrons. The molecule has 0 saturated heterocycles. The molecule has 0 bridgehead atoms. The minimum atomic E-state index is 0.860. The van der Waals surface area contributed by atoms with Gasteiger partial charge in [0, 0.05) is 6.42 Å². The quantitative estimate of drug-likeness (QED) is 0.599. The first-order valence-corrected chi connectivity index (χ1v) is 4.94. The molecule has 66 valence electrons. The molecule has 0 aliphatic heterocycles. The van der Waals surface area contributed by atoms with E-state index in [2.05, 4.69) is 24.1 Å². The Kier molecular flexibility index (Phi) is 2.36. The summed E-state index contributed by atoms with van der Waals surface area (Å²) in [6.45, 7) is 0. The number of aryl methyl sites for hydroxylation is 3. The first kappa shape index (κ1) is 8.38. The van der Waals surface area contributed by atoms with E-state index in [0.717, 1.165) is 12.8 Å². The molecule has 0 atom stereocenters. The first-order valence-electron chi connectivity index (χ1n) is 4.94. The summed E-state index contributed by atoms with van der Waals surface area (Å²) in [4.78, 5) is 0. The van der Waals surface area contributed by atoms with Gasteiger partial charge in [0.2, 0.25) is 0 Å². The molecule has 1 aliphatic carbocycles. The number of fused-ring (bicyclic) bond motifs is 1. The third-order valence-electron chi connectivity index (χ3n) is 2.72. The van der Waals surface area contributed by atoms with Gasteiger partial charge >= 0.3 is 0 Å². The van der Waals surface area contributed by atoms with Crippen molar-refractivity contribution >= 4 is 0 Å². The van der Waals surface area contributed by atoms with Gasteiger partial charge in [0.15, 0.2) is 0 Å². The normalized spacial score (nSPS) is 13.8. The lowest BCUT2D eigenvalue weighted by molar-refractivity contribution is 0.911. The van der Waals surface area contributed by atoms with Gasteiger partial charge in [-0.1, -0.05) is 18.2 Å². The predicted molar refractivity (Wildman–Crippen MR) is 55.6 cm³/mol. The molecule has 0 unspecified atom stereocenters. The highest BCUT2D eigenvalue weighted by Gasteiger charge is 2.09. The Labute approximate surface area is 80.0 Å². The topological polar surface area (TPSA) is 0 Å². The van der Waals surface area contributed by atoms with Crippen LogP contribution in [0.4, 0.5) is 0 Å². The van der Waals surface area contributed by atoms with E-state index in [-0.39, 0.29) is 0 Å². The van der Waals surface area contributed by atoms with Crippen molar-refractivity contribution in [1.82, 2.24) is 0 Å². The highest BCUT2D eigenvalue weighted by molar-refractivity contribution is 5.35. The molecule has 1 aromatic carbocycles. The summed E-state index contributed by atoms with van der Waals surface area (Å²) in [5.41, 5.74) is 4.50. The van der Waals surface area contributed by atoms with Crippen LogP contribution >= 0.6 is 0 Å². The smallest absolute Gasteiger partial charge is 0.0127 e. The van der Waals surface area contributed by atoms with Crippen LogP contribution in [-0.2, 0) is 19.3 Å². The lowest BCUT2D eigenvalue weighted by atomic mass is 10.0. The Bertz CT molecular complexity index is 342. The third-order valence-corrected chi connectivity index (χ3v) is 2.72. The molecular weight excluding hydrogens is 156 g/mol. The Morgan fingerprint density at radius 3 is 2.92 bits per heavy atom. The van der Waals surface area contributed by atoms with Crippen molar-refractivity contribution in [3.05, 3.63) is 34.9 Å². The minimum Gasteiger partial charge on any atom is -0.120 e. The van der Waals surface area contributed by atoms with Crippen LogP contribution in [0.3, 0.4) is 0 Å². The van der Waals surface area contributed by atoms with Gasteiger partial charge in [-0.2, -0.15) is 0 Å². The van der Waals surface area contributed by atoms with Crippen molar-refractivity contribution in [3.63, 3.8) is 0 Å². The van der Waals surface area contributed by atoms with Crippen molar-refractivity contribution in [2.75, 3.05) is 0 Å². The second-order valence-electron chi connectivity index (χ2n) is 3.66. The molecule has 0 saturated carbocycles. The maximum absolute atomic E-state index is 5.24. The Morgan fingerprint density at radius 2 is 2.08 bits per heavy atom. The number of terminal acetylenes is 1. The Hall–Kier alpha value is -1.22. The van der Waals surface area contributed by atoms with Crippen molar-refractivity contribution in [2.24, 2.45) is 0 Å². The lowest BCUT2D eigenvalue weighted by Crippen LogP contribution is -1.88. The summed E-state index contributed by atoms with van der Waals surface area (Å²) >= 11 is 0. The molecule has 0 spiro atoms. The van der Waals surface area contributed by atoms with Gasteiger partial charge in [-0.05, 0) is 42.4 Å². The van der Waals surface area contributed by atoms with Gasteiger partial charge in [-0.25, -0.2) is 0 Å². The fourth-order valence-corrected chi connectivity index (χ4v) is 2.00. The van der Waals surface area contributed by atoms with Crippen LogP contribution in [0.2, 0.25) is 0 Å². The van der Waals surface area contributed by atoms with E-state index in [1.54, 1.807) is 11.1 Å². The fourth-order valence-electron chi connectivity index (χ4n) is 2.00. The van der Waals surface area contributed by atoms with Crippen LogP contribution in [0.15, 0.2) is 18.2 Å². The van der Waals surface area contributed by atoms with Gasteiger partial charge in [-0.15, -0.1) is 12.3 Å². The maximum atomic E-state index is 5.24. The molecule has 2 rings (SSSR count). The monoisotopic (exact) mass is 170 g/mol. The van der Waals surface area contributed by atoms with Crippen LogP contribution in [0.1, 0.15) is 29.5 Å². The van der Waals surface area contributed by atoms with E-state index in [9.17, 15) is 0 Å². The number of hydrogen-bond acceptors (Lipinski definition) is 0. The number of hydrogen-bond donors (Lipinski definition) is 0. The van der Waals surface area contributed by atoms with E-state index < -0.39 is 0 Å². The van der Waals surface area contributed by atoms with Crippen molar-refractivity contribution < 1.29 is 0 Å². The van der Waals surface area contributed by atoms with Crippen molar-refractivity contribution in [2.45, 2.75) is 32.1 Å². The third kappa shape index (κ3) is 1.75. The van der Waals surface area contributed by atoms with Gasteiger partial charge in [-0.3, -0.25) is 0 Å². The van der Waals surface area contributed by atoms with Gasteiger partial charge in [0.1, 0.15) is 0 Å². The van der Waals surface area contributed by atoms with Gasteiger partial charge in [0.25, 0.3) is 0 Å². The van der Waals surface area contributed by atoms with Gasteiger partial charge in [0.05, 0.1) is 0 Å². The van der Waals surface area contributed by atoms with Crippen molar-refractivity contribution in [3.8, 4) is 12.3 Å². The zero-order valence-corrected chi connectivity index (χ0v) is 7.84. The molecule has 0 nitrogen and oxygen atoms in total. The molecule has 0 heterocycles. The maximum Gasteiger partial charge on any atom is 0.0127 e. The lowest BCUT2D eigenvalue weighted by Gasteiger charge is -2.02. The van der Waals surface area contributed by atoms with Crippen LogP contribution in [0.25, 0.3) is 0 Å². The summed E-state index contributed by atoms with van der Waals surface area (Å²) in [5, 5.41) is 0. The summed E-state index contributed by atoms with van der Waals surface area (Å²) in [7, 11) is 0. The summed E-state index contributed by atoms with van der Waals surface area (Å²) in [6, 6.07) is 6.83. The molecule has 1 aliphatic rings. The zero-order chi connectivity index (χ0) is 9.10. The Morgan fingerprint density at radius 1 is 1.23 bits per heavy atom. The molecule has 0 aromatic heterocycles. The minimum absolute atomic E-state index is 0.860. The standard InChI is InChI=1S/C13H14/c1-2-3-5-11-8-9-12-6-4-7-13(12)10-11/h1,8-10H,3-7H2. The van der Waals surface area contributed by atoms with Gasteiger partial charge < -0.3 is 0 Å². The Balaban J connectivity index is 2.17.